The van der Waals surface area contributed by atoms with Crippen molar-refractivity contribution >= 4 is 35.1 Å². The van der Waals surface area contributed by atoms with E-state index in [9.17, 15) is 9.59 Å². The number of benzene rings is 1. The van der Waals surface area contributed by atoms with E-state index in [1.807, 2.05) is 0 Å². The summed E-state index contributed by atoms with van der Waals surface area (Å²) in [6.07, 6.45) is 4.51. The lowest BCUT2D eigenvalue weighted by molar-refractivity contribution is -0.131. The van der Waals surface area contributed by atoms with Crippen molar-refractivity contribution in [3.05, 3.63) is 51.8 Å². The summed E-state index contributed by atoms with van der Waals surface area (Å²) in [5.74, 6) is -1.00. The van der Waals surface area contributed by atoms with Crippen molar-refractivity contribution < 1.29 is 14.7 Å². The minimum absolute atomic E-state index is 0.0138. The summed E-state index contributed by atoms with van der Waals surface area (Å²) in [5.41, 5.74) is 0.822. The third-order valence-electron chi connectivity index (χ3n) is 4.43. The average Bonchev–Trinajstić information content (AvgIpc) is 3.09. The van der Waals surface area contributed by atoms with Crippen molar-refractivity contribution in [3.63, 3.8) is 0 Å². The minimum Gasteiger partial charge on any atom is -0.478 e. The predicted octanol–water partition coefficient (Wildman–Crippen LogP) is 3.29. The maximum absolute atomic E-state index is 12.5. The van der Waals surface area contributed by atoms with Crippen LogP contribution in [0, 0.1) is 0 Å². The van der Waals surface area contributed by atoms with Gasteiger partial charge in [-0.25, -0.2) is 4.79 Å². The summed E-state index contributed by atoms with van der Waals surface area (Å²) >= 11 is 12.3. The van der Waals surface area contributed by atoms with Gasteiger partial charge < -0.3 is 10.0 Å². The van der Waals surface area contributed by atoms with E-state index in [1.165, 1.54) is 12.4 Å². The van der Waals surface area contributed by atoms with Crippen LogP contribution in [0.3, 0.4) is 0 Å². The Hall–Kier alpha value is -2.05. The number of hydrogen-bond acceptors (Lipinski definition) is 3. The second-order valence-corrected chi connectivity index (χ2v) is 6.82. The van der Waals surface area contributed by atoms with Crippen LogP contribution in [0.4, 0.5) is 0 Å². The number of aromatic carboxylic acids is 1. The molecule has 1 amide bonds. The Balaban J connectivity index is 1.60. The minimum atomic E-state index is -0.990. The highest BCUT2D eigenvalue weighted by Gasteiger charge is 2.25. The fraction of sp³-hybridized carbons (Fsp3) is 0.353. The fourth-order valence-corrected chi connectivity index (χ4v) is 3.52. The lowest BCUT2D eigenvalue weighted by Crippen LogP contribution is -2.40. The van der Waals surface area contributed by atoms with Crippen LogP contribution >= 0.6 is 23.2 Å². The first kappa shape index (κ1) is 17.8. The zero-order valence-electron chi connectivity index (χ0n) is 13.4. The molecule has 6 nitrogen and oxygen atoms in total. The summed E-state index contributed by atoms with van der Waals surface area (Å²) in [4.78, 5) is 25.2. The fourth-order valence-electron chi connectivity index (χ4n) is 2.99. The molecule has 2 heterocycles. The molecular weight excluding hydrogens is 365 g/mol. The molecule has 8 heteroatoms. The number of carbonyl (C=O) groups is 2. The molecule has 0 radical (unpaired) electrons. The van der Waals surface area contributed by atoms with Gasteiger partial charge in [-0.3, -0.25) is 9.48 Å². The number of aromatic nitrogens is 2. The topological polar surface area (TPSA) is 75.4 Å². The van der Waals surface area contributed by atoms with Gasteiger partial charge in [0.2, 0.25) is 5.91 Å². The molecule has 1 fully saturated rings. The van der Waals surface area contributed by atoms with E-state index in [4.69, 9.17) is 28.3 Å². The second kappa shape index (κ2) is 7.45. The smallest absolute Gasteiger partial charge is 0.338 e. The third-order valence-corrected chi connectivity index (χ3v) is 5.14. The van der Waals surface area contributed by atoms with Gasteiger partial charge in [0.05, 0.1) is 24.2 Å². The number of rotatable bonds is 4. The Morgan fingerprint density at radius 1 is 1.20 bits per heavy atom. The molecule has 1 saturated heterocycles. The zero-order chi connectivity index (χ0) is 18.0. The molecule has 0 unspecified atom stereocenters. The van der Waals surface area contributed by atoms with Crippen molar-refractivity contribution in [1.29, 1.82) is 0 Å². The van der Waals surface area contributed by atoms with Gasteiger partial charge in [-0.1, -0.05) is 29.3 Å². The highest BCUT2D eigenvalue weighted by molar-refractivity contribution is 6.36. The molecule has 2 aromatic rings. The van der Waals surface area contributed by atoms with Crippen LogP contribution in [-0.4, -0.2) is 44.8 Å². The Morgan fingerprint density at radius 3 is 2.40 bits per heavy atom. The van der Waals surface area contributed by atoms with Crippen molar-refractivity contribution in [2.24, 2.45) is 0 Å². The van der Waals surface area contributed by atoms with Gasteiger partial charge in [0.15, 0.2) is 0 Å². The van der Waals surface area contributed by atoms with Crippen molar-refractivity contribution in [1.82, 2.24) is 14.7 Å². The Morgan fingerprint density at radius 2 is 1.84 bits per heavy atom. The van der Waals surface area contributed by atoms with Crippen LogP contribution in [0.1, 0.15) is 34.8 Å². The lowest BCUT2D eigenvalue weighted by Gasteiger charge is -2.32. The third kappa shape index (κ3) is 3.96. The van der Waals surface area contributed by atoms with E-state index in [2.05, 4.69) is 5.10 Å². The molecule has 0 aliphatic carbocycles. The Kier molecular flexibility index (Phi) is 5.30. The Labute approximate surface area is 154 Å². The summed E-state index contributed by atoms with van der Waals surface area (Å²) in [7, 11) is 0. The van der Waals surface area contributed by atoms with Crippen molar-refractivity contribution in [2.45, 2.75) is 25.3 Å². The lowest BCUT2D eigenvalue weighted by atomic mass is 10.0. The molecule has 0 bridgehead atoms. The monoisotopic (exact) mass is 381 g/mol. The van der Waals surface area contributed by atoms with Gasteiger partial charge in [-0.05, 0) is 30.5 Å². The normalized spacial score (nSPS) is 15.4. The van der Waals surface area contributed by atoms with Crippen molar-refractivity contribution in [2.75, 3.05) is 13.1 Å². The van der Waals surface area contributed by atoms with Gasteiger partial charge in [0.1, 0.15) is 0 Å². The second-order valence-electron chi connectivity index (χ2n) is 6.00. The van der Waals surface area contributed by atoms with Gasteiger partial charge in [0.25, 0.3) is 0 Å². The highest BCUT2D eigenvalue weighted by atomic mass is 35.5. The van der Waals surface area contributed by atoms with E-state index >= 15 is 0 Å². The summed E-state index contributed by atoms with van der Waals surface area (Å²) in [6.45, 7) is 1.18. The molecule has 1 N–H and O–H groups in total. The molecular formula is C17H17Cl2N3O3. The molecule has 0 atom stereocenters. The molecule has 132 valence electrons. The van der Waals surface area contributed by atoms with Crippen LogP contribution in [0.25, 0.3) is 0 Å². The SMILES string of the molecule is O=C(O)c1cnn(C2CCN(C(=O)Cc3c(Cl)cccc3Cl)CC2)c1. The summed E-state index contributed by atoms with van der Waals surface area (Å²) < 4.78 is 1.68. The van der Waals surface area contributed by atoms with Gasteiger partial charge in [-0.15, -0.1) is 0 Å². The van der Waals surface area contributed by atoms with Crippen LogP contribution < -0.4 is 0 Å². The first-order valence-electron chi connectivity index (χ1n) is 7.94. The molecule has 25 heavy (non-hydrogen) atoms. The first-order valence-corrected chi connectivity index (χ1v) is 8.69. The first-order chi connectivity index (χ1) is 12.0. The Bertz CT molecular complexity index is 778. The number of carbonyl (C=O) groups excluding carboxylic acids is 1. The van der Waals surface area contributed by atoms with E-state index in [-0.39, 0.29) is 23.9 Å². The standard InChI is InChI=1S/C17H17Cl2N3O3/c18-14-2-1-3-15(19)13(14)8-16(23)21-6-4-12(5-7-21)22-10-11(9-20-22)17(24)25/h1-3,9-10,12H,4-8H2,(H,24,25). The number of halogens is 2. The van der Waals surface area contributed by atoms with E-state index in [1.54, 1.807) is 27.8 Å². The molecule has 3 rings (SSSR count). The maximum atomic E-state index is 12.5. The largest absolute Gasteiger partial charge is 0.478 e. The van der Waals surface area contributed by atoms with Crippen LogP contribution in [0.2, 0.25) is 10.0 Å². The van der Waals surface area contributed by atoms with Gasteiger partial charge in [0, 0.05) is 29.3 Å². The number of piperidine rings is 1. The number of likely N-dealkylation sites (tertiary alicyclic amines) is 1. The average molecular weight is 382 g/mol. The van der Waals surface area contributed by atoms with E-state index in [0.717, 1.165) is 12.8 Å². The number of carboxylic acids is 1. The number of hydrogen-bond donors (Lipinski definition) is 1. The number of amides is 1. The van der Waals surface area contributed by atoms with E-state index < -0.39 is 5.97 Å². The molecule has 0 saturated carbocycles. The zero-order valence-corrected chi connectivity index (χ0v) is 14.9. The summed E-state index contributed by atoms with van der Waals surface area (Å²) in [5, 5.41) is 14.1. The number of carboxylic acid groups (broad SMARTS) is 1. The van der Waals surface area contributed by atoms with Crippen LogP contribution in [0.15, 0.2) is 30.6 Å². The number of nitrogens with zero attached hydrogens (tertiary/aromatic N) is 3. The quantitative estimate of drug-likeness (QED) is 0.881. The molecule has 1 aromatic heterocycles. The van der Waals surface area contributed by atoms with Gasteiger partial charge in [-0.2, -0.15) is 5.10 Å². The summed E-state index contributed by atoms with van der Waals surface area (Å²) in [6, 6.07) is 5.29. The molecule has 1 aliphatic rings. The van der Waals surface area contributed by atoms with Crippen LogP contribution in [-0.2, 0) is 11.2 Å². The van der Waals surface area contributed by atoms with E-state index in [0.29, 0.717) is 28.7 Å². The molecule has 1 aromatic carbocycles. The van der Waals surface area contributed by atoms with Crippen molar-refractivity contribution in [3.8, 4) is 0 Å². The van der Waals surface area contributed by atoms with Gasteiger partial charge >= 0.3 is 5.97 Å². The maximum Gasteiger partial charge on any atom is 0.338 e. The molecule has 1 aliphatic heterocycles. The predicted molar refractivity (Wildman–Crippen MR) is 94.2 cm³/mol. The molecule has 0 spiro atoms. The van der Waals surface area contributed by atoms with Crippen LogP contribution in [0.5, 0.6) is 0 Å². The highest BCUT2D eigenvalue weighted by Crippen LogP contribution is 2.27.